The molecule has 0 saturated carbocycles. The number of carbonyl (C=O) groups is 1. The number of halogens is 4. The second-order valence-electron chi connectivity index (χ2n) is 9.14. The van der Waals surface area contributed by atoms with Crippen LogP contribution >= 0.6 is 11.6 Å². The van der Waals surface area contributed by atoms with Crippen molar-refractivity contribution >= 4 is 33.3 Å². The summed E-state index contributed by atoms with van der Waals surface area (Å²) in [7, 11) is -3.19. The Morgan fingerprint density at radius 1 is 1.25 bits per heavy atom. The first-order valence-electron chi connectivity index (χ1n) is 11.1. The summed E-state index contributed by atoms with van der Waals surface area (Å²) in [6.07, 6.45) is -3.14. The van der Waals surface area contributed by atoms with Crippen LogP contribution < -0.4 is 10.5 Å². The van der Waals surface area contributed by atoms with E-state index < -0.39 is 32.9 Å². The van der Waals surface area contributed by atoms with Crippen LogP contribution in [0.15, 0.2) is 41.5 Å². The molecule has 0 spiro atoms. The molecule has 0 aliphatic carbocycles. The average molecular weight is 545 g/mol. The molecule has 2 N–H and O–H groups in total. The van der Waals surface area contributed by atoms with E-state index in [1.165, 1.54) is 17.2 Å². The minimum absolute atomic E-state index is 0.0120. The van der Waals surface area contributed by atoms with E-state index in [2.05, 4.69) is 14.7 Å². The number of carbonyl (C=O) groups excluding carboxylic acids is 1. The Bertz CT molecular complexity index is 1320. The third kappa shape index (κ3) is 5.15. The third-order valence-corrected chi connectivity index (χ3v) is 9.17. The van der Waals surface area contributed by atoms with Crippen molar-refractivity contribution < 1.29 is 31.1 Å². The van der Waals surface area contributed by atoms with Crippen LogP contribution in [0.3, 0.4) is 0 Å². The molecule has 1 fully saturated rings. The maximum atomic E-state index is 13.2. The zero-order valence-corrected chi connectivity index (χ0v) is 21.0. The van der Waals surface area contributed by atoms with E-state index >= 15 is 0 Å². The van der Waals surface area contributed by atoms with E-state index in [0.717, 1.165) is 6.07 Å². The van der Waals surface area contributed by atoms with Gasteiger partial charge in [0.2, 0.25) is 11.8 Å². The van der Waals surface area contributed by atoms with Crippen LogP contribution in [-0.2, 0) is 20.2 Å². The SMILES string of the molecule is C[C@H]1C[C@H](N2C(=O)C[C@@](C)(c3cccc(-c4ccc(OC(F)(F)F)nc4)c3Cl)N=C2N)CCS1(=O)=O. The quantitative estimate of drug-likeness (QED) is 0.621. The van der Waals surface area contributed by atoms with Crippen molar-refractivity contribution in [2.45, 2.75) is 56.3 Å². The molecular formula is C23H24ClF3N4O4S. The van der Waals surface area contributed by atoms with Gasteiger partial charge >= 0.3 is 6.36 Å². The zero-order chi connectivity index (χ0) is 26.5. The van der Waals surface area contributed by atoms with Gasteiger partial charge in [0.1, 0.15) is 0 Å². The number of pyridine rings is 1. The van der Waals surface area contributed by atoms with Gasteiger partial charge in [-0.25, -0.2) is 18.4 Å². The van der Waals surface area contributed by atoms with Crippen molar-refractivity contribution in [2.75, 3.05) is 5.75 Å². The standard InChI is InChI=1S/C23H24ClF3N4O4S/c1-13-10-15(8-9-36(13,33)34)31-19(32)11-22(2,30-21(31)28)17-5-3-4-16(20(17)24)14-6-7-18(29-12-14)35-23(25,26)27/h3-7,12-13,15H,8-11H2,1-2H3,(H2,28,30)/t13-,15+,22-/m0/s1. The second-order valence-corrected chi connectivity index (χ2v) is 12.1. The highest BCUT2D eigenvalue weighted by molar-refractivity contribution is 7.92. The number of nitrogens with zero attached hydrogens (tertiary/aromatic N) is 3. The molecule has 3 atom stereocenters. The highest BCUT2D eigenvalue weighted by atomic mass is 35.5. The summed E-state index contributed by atoms with van der Waals surface area (Å²) >= 11 is 6.70. The lowest BCUT2D eigenvalue weighted by Gasteiger charge is -2.41. The fourth-order valence-corrected chi connectivity index (χ4v) is 6.63. The van der Waals surface area contributed by atoms with Gasteiger partial charge in [-0.05, 0) is 38.3 Å². The van der Waals surface area contributed by atoms with Crippen LogP contribution in [0, 0.1) is 0 Å². The van der Waals surface area contributed by atoms with E-state index in [0.29, 0.717) is 16.7 Å². The smallest absolute Gasteiger partial charge is 0.388 e. The van der Waals surface area contributed by atoms with Gasteiger partial charge < -0.3 is 10.5 Å². The molecule has 2 aliphatic rings. The molecule has 1 amide bonds. The molecule has 0 radical (unpaired) electrons. The first-order valence-corrected chi connectivity index (χ1v) is 13.2. The first kappa shape index (κ1) is 26.2. The van der Waals surface area contributed by atoms with Gasteiger partial charge in [-0.1, -0.05) is 29.8 Å². The molecule has 36 heavy (non-hydrogen) atoms. The number of rotatable bonds is 4. The molecule has 3 heterocycles. The maximum absolute atomic E-state index is 13.2. The van der Waals surface area contributed by atoms with E-state index in [1.807, 2.05) is 0 Å². The normalized spacial score (nSPS) is 26.4. The number of ether oxygens (including phenoxy) is 1. The van der Waals surface area contributed by atoms with Gasteiger partial charge in [0, 0.05) is 29.4 Å². The van der Waals surface area contributed by atoms with Gasteiger partial charge in [0.15, 0.2) is 15.8 Å². The Kier molecular flexibility index (Phi) is 6.71. The molecule has 1 aromatic heterocycles. The molecule has 0 unspecified atom stereocenters. The Hall–Kier alpha value is -2.86. The number of guanidine groups is 1. The Balaban J connectivity index is 1.63. The van der Waals surface area contributed by atoms with Crippen molar-refractivity contribution in [3.63, 3.8) is 0 Å². The number of hydrogen-bond donors (Lipinski definition) is 1. The summed E-state index contributed by atoms with van der Waals surface area (Å²) < 4.78 is 65.3. The fraction of sp³-hybridized carbons (Fsp3) is 0.435. The van der Waals surface area contributed by atoms with Gasteiger partial charge in [-0.3, -0.25) is 9.69 Å². The van der Waals surface area contributed by atoms with Gasteiger partial charge in [-0.2, -0.15) is 0 Å². The molecule has 1 aromatic carbocycles. The fourth-order valence-electron chi connectivity index (χ4n) is 4.67. The van der Waals surface area contributed by atoms with Crippen LogP contribution in [0.25, 0.3) is 11.1 Å². The number of sulfone groups is 1. The summed E-state index contributed by atoms with van der Waals surface area (Å²) in [4.78, 5) is 22.9. The summed E-state index contributed by atoms with van der Waals surface area (Å²) in [6.45, 7) is 3.34. The van der Waals surface area contributed by atoms with Gasteiger partial charge in [0.05, 0.1) is 28.0 Å². The lowest BCUT2D eigenvalue weighted by atomic mass is 9.85. The Labute approximate surface area is 211 Å². The summed E-state index contributed by atoms with van der Waals surface area (Å²) in [5.74, 6) is -0.937. The number of alkyl halides is 3. The number of benzene rings is 1. The molecule has 2 aromatic rings. The van der Waals surface area contributed by atoms with Crippen molar-refractivity contribution in [1.29, 1.82) is 0 Å². The topological polar surface area (TPSA) is 115 Å². The van der Waals surface area contributed by atoms with Crippen molar-refractivity contribution in [2.24, 2.45) is 10.7 Å². The molecule has 0 bridgehead atoms. The largest absolute Gasteiger partial charge is 0.574 e. The molecular weight excluding hydrogens is 521 g/mol. The number of aliphatic imine (C=N–C) groups is 1. The van der Waals surface area contributed by atoms with E-state index in [9.17, 15) is 26.4 Å². The second kappa shape index (κ2) is 9.22. The minimum atomic E-state index is -4.86. The summed E-state index contributed by atoms with van der Waals surface area (Å²) in [6, 6.07) is 7.18. The number of hydrogen-bond acceptors (Lipinski definition) is 7. The lowest BCUT2D eigenvalue weighted by Crippen LogP contribution is -2.56. The van der Waals surface area contributed by atoms with Crippen molar-refractivity contribution in [3.05, 3.63) is 47.1 Å². The predicted octanol–water partition coefficient (Wildman–Crippen LogP) is 4.03. The number of aromatic nitrogens is 1. The van der Waals surface area contributed by atoms with Crippen LogP contribution in [0.2, 0.25) is 5.02 Å². The molecule has 4 rings (SSSR count). The third-order valence-electron chi connectivity index (χ3n) is 6.54. The molecule has 2 aliphatic heterocycles. The average Bonchev–Trinajstić information content (AvgIpc) is 2.75. The van der Waals surface area contributed by atoms with Crippen molar-refractivity contribution in [1.82, 2.24) is 9.88 Å². The maximum Gasteiger partial charge on any atom is 0.574 e. The Morgan fingerprint density at radius 2 is 1.97 bits per heavy atom. The number of amides is 1. The summed E-state index contributed by atoms with van der Waals surface area (Å²) in [5.41, 5.74) is 6.56. The van der Waals surface area contributed by atoms with E-state index in [4.69, 9.17) is 17.3 Å². The molecule has 194 valence electrons. The monoisotopic (exact) mass is 544 g/mol. The highest BCUT2D eigenvalue weighted by Crippen LogP contribution is 2.42. The van der Waals surface area contributed by atoms with Crippen LogP contribution in [0.1, 0.15) is 38.7 Å². The zero-order valence-electron chi connectivity index (χ0n) is 19.4. The molecule has 1 saturated heterocycles. The van der Waals surface area contributed by atoms with Crippen LogP contribution in [0.4, 0.5) is 13.2 Å². The van der Waals surface area contributed by atoms with Crippen LogP contribution in [0.5, 0.6) is 5.88 Å². The highest BCUT2D eigenvalue weighted by Gasteiger charge is 2.44. The predicted molar refractivity (Wildman–Crippen MR) is 128 cm³/mol. The minimum Gasteiger partial charge on any atom is -0.388 e. The molecule has 13 heteroatoms. The van der Waals surface area contributed by atoms with E-state index in [-0.39, 0.29) is 47.9 Å². The van der Waals surface area contributed by atoms with Gasteiger partial charge in [-0.15, -0.1) is 13.2 Å². The Morgan fingerprint density at radius 3 is 2.56 bits per heavy atom. The summed E-state index contributed by atoms with van der Waals surface area (Å²) in [5, 5.41) is -0.334. The van der Waals surface area contributed by atoms with E-state index in [1.54, 1.807) is 32.0 Å². The van der Waals surface area contributed by atoms with Gasteiger partial charge in [0.25, 0.3) is 0 Å². The lowest BCUT2D eigenvalue weighted by molar-refractivity contribution is -0.276. The number of nitrogens with two attached hydrogens (primary N) is 1. The first-order chi connectivity index (χ1) is 16.7. The molecule has 8 nitrogen and oxygen atoms in total. The van der Waals surface area contributed by atoms with Crippen molar-refractivity contribution in [3.8, 4) is 17.0 Å². The van der Waals surface area contributed by atoms with Crippen LogP contribution in [-0.4, -0.2) is 53.6 Å².